The summed E-state index contributed by atoms with van der Waals surface area (Å²) in [7, 11) is 0. The van der Waals surface area contributed by atoms with Gasteiger partial charge in [0.1, 0.15) is 11.6 Å². The third-order valence-corrected chi connectivity index (χ3v) is 4.28. The number of aliphatic imine (C=N–C) groups is 1. The summed E-state index contributed by atoms with van der Waals surface area (Å²) in [5.41, 5.74) is 2.76. The fourth-order valence-corrected chi connectivity index (χ4v) is 2.98. The van der Waals surface area contributed by atoms with Crippen LogP contribution in [0.5, 0.6) is 0 Å². The van der Waals surface area contributed by atoms with E-state index in [1.807, 2.05) is 24.3 Å². The second-order valence-electron chi connectivity index (χ2n) is 5.49. The molecule has 1 aliphatic rings. The topological polar surface area (TPSA) is 41.5 Å². The van der Waals surface area contributed by atoms with Crippen LogP contribution in [-0.4, -0.2) is 24.7 Å². The second-order valence-corrected chi connectivity index (χ2v) is 6.33. The molecule has 1 aliphatic heterocycles. The molecule has 0 radical (unpaired) electrons. The van der Waals surface area contributed by atoms with E-state index in [0.29, 0.717) is 16.5 Å². The zero-order chi connectivity index (χ0) is 16.2. The van der Waals surface area contributed by atoms with E-state index in [-0.39, 0.29) is 24.6 Å². The highest BCUT2D eigenvalue weighted by molar-refractivity contribution is 6.33. The molecule has 0 unspecified atom stereocenters. The molecule has 0 aromatic heterocycles. The minimum atomic E-state index is 0. The number of carbonyl (C=O) groups excluding carboxylic acids is 1. The largest absolute Gasteiger partial charge is 0.368 e. The van der Waals surface area contributed by atoms with E-state index in [9.17, 15) is 4.79 Å². The smallest absolute Gasteiger partial charge is 0.141 e. The fourth-order valence-electron chi connectivity index (χ4n) is 2.60. The summed E-state index contributed by atoms with van der Waals surface area (Å²) >= 11 is 12.1. The van der Waals surface area contributed by atoms with Crippen molar-refractivity contribution < 1.29 is 4.79 Å². The van der Waals surface area contributed by atoms with E-state index in [1.165, 1.54) is 0 Å². The summed E-state index contributed by atoms with van der Waals surface area (Å²) in [4.78, 5) is 16.7. The van der Waals surface area contributed by atoms with E-state index in [1.54, 1.807) is 18.2 Å². The van der Waals surface area contributed by atoms with Gasteiger partial charge in [-0.05, 0) is 35.4 Å². The second kappa shape index (κ2) is 8.52. The maximum atomic E-state index is 12.3. The predicted octanol–water partition coefficient (Wildman–Crippen LogP) is 4.12. The lowest BCUT2D eigenvalue weighted by Gasteiger charge is -2.07. The molecular weight excluding hydrogens is 367 g/mol. The molecule has 24 heavy (non-hydrogen) atoms. The lowest BCUT2D eigenvalue weighted by Crippen LogP contribution is -2.19. The van der Waals surface area contributed by atoms with Crippen molar-refractivity contribution in [2.24, 2.45) is 4.99 Å². The summed E-state index contributed by atoms with van der Waals surface area (Å²) < 4.78 is 0. The van der Waals surface area contributed by atoms with Crippen LogP contribution in [0.25, 0.3) is 0 Å². The number of halogens is 3. The highest BCUT2D eigenvalue weighted by atomic mass is 35.5. The van der Waals surface area contributed by atoms with Crippen molar-refractivity contribution in [3.8, 4) is 0 Å². The van der Waals surface area contributed by atoms with Crippen LogP contribution in [0.3, 0.4) is 0 Å². The number of ketones is 1. The number of Topliss-reactive ketones (excluding diaryl/α,β-unsaturated/α-hetero) is 1. The van der Waals surface area contributed by atoms with Gasteiger partial charge in [-0.3, -0.25) is 9.79 Å². The summed E-state index contributed by atoms with van der Waals surface area (Å²) in [6.07, 6.45) is 0.646. The Bertz CT molecular complexity index is 775. The normalized spacial score (nSPS) is 13.0. The van der Waals surface area contributed by atoms with E-state index < -0.39 is 0 Å². The highest BCUT2D eigenvalue weighted by Gasteiger charge is 2.12. The molecule has 126 valence electrons. The van der Waals surface area contributed by atoms with Crippen molar-refractivity contribution in [2.45, 2.75) is 12.8 Å². The number of nitrogens with one attached hydrogen (secondary N) is 1. The highest BCUT2D eigenvalue weighted by Crippen LogP contribution is 2.21. The first kappa shape index (κ1) is 18.8. The first-order chi connectivity index (χ1) is 11.1. The van der Waals surface area contributed by atoms with Crippen molar-refractivity contribution in [1.29, 1.82) is 0 Å². The molecule has 6 heteroatoms. The van der Waals surface area contributed by atoms with Gasteiger partial charge in [-0.15, -0.1) is 12.4 Å². The molecule has 0 amide bonds. The third-order valence-electron chi connectivity index (χ3n) is 3.67. The lowest BCUT2D eigenvalue weighted by molar-refractivity contribution is -0.117. The van der Waals surface area contributed by atoms with Gasteiger partial charge in [0, 0.05) is 35.0 Å². The van der Waals surface area contributed by atoms with Gasteiger partial charge in [-0.25, -0.2) is 0 Å². The van der Waals surface area contributed by atoms with Gasteiger partial charge in [0.2, 0.25) is 0 Å². The van der Waals surface area contributed by atoms with Crippen LogP contribution in [0.1, 0.15) is 16.7 Å². The minimum Gasteiger partial charge on any atom is -0.368 e. The van der Waals surface area contributed by atoms with E-state index in [4.69, 9.17) is 23.2 Å². The van der Waals surface area contributed by atoms with Gasteiger partial charge in [-0.1, -0.05) is 41.4 Å². The zero-order valence-electron chi connectivity index (χ0n) is 12.9. The SMILES string of the molecule is Cl.O=C(Cc1cccc(C2=NCCN2)c1)Cc1cc(Cl)ccc1Cl. The fraction of sp³-hybridized carbons (Fsp3) is 0.222. The Hall–Kier alpha value is -1.55. The third kappa shape index (κ3) is 4.73. The van der Waals surface area contributed by atoms with Crippen LogP contribution < -0.4 is 5.32 Å². The summed E-state index contributed by atoms with van der Waals surface area (Å²) in [6.45, 7) is 1.66. The van der Waals surface area contributed by atoms with Gasteiger partial charge < -0.3 is 5.32 Å². The predicted molar refractivity (Wildman–Crippen MR) is 102 cm³/mol. The Balaban J connectivity index is 0.00000208. The lowest BCUT2D eigenvalue weighted by atomic mass is 10.0. The molecule has 0 aliphatic carbocycles. The van der Waals surface area contributed by atoms with Gasteiger partial charge in [0.25, 0.3) is 0 Å². The van der Waals surface area contributed by atoms with Crippen LogP contribution in [0.15, 0.2) is 47.5 Å². The van der Waals surface area contributed by atoms with Gasteiger partial charge in [0.15, 0.2) is 0 Å². The number of hydrogen-bond acceptors (Lipinski definition) is 3. The Labute approximate surface area is 157 Å². The van der Waals surface area contributed by atoms with Gasteiger partial charge in [-0.2, -0.15) is 0 Å². The molecular formula is C18H17Cl3N2O. The van der Waals surface area contributed by atoms with Crippen LogP contribution in [0.2, 0.25) is 10.0 Å². The van der Waals surface area contributed by atoms with E-state index in [2.05, 4.69) is 10.3 Å². The molecule has 3 nitrogen and oxygen atoms in total. The first-order valence-electron chi connectivity index (χ1n) is 7.45. The zero-order valence-corrected chi connectivity index (χ0v) is 15.2. The molecule has 3 rings (SSSR count). The average Bonchev–Trinajstić information content (AvgIpc) is 3.05. The van der Waals surface area contributed by atoms with Crippen LogP contribution in [0, 0.1) is 0 Å². The number of nitrogens with zero attached hydrogens (tertiary/aromatic N) is 1. The molecule has 1 N–H and O–H groups in total. The van der Waals surface area contributed by atoms with Crippen molar-refractivity contribution in [3.63, 3.8) is 0 Å². The standard InChI is InChI=1S/C18H16Cl2N2O.ClH/c19-15-4-5-17(20)14(10-15)11-16(23)9-12-2-1-3-13(8-12)18-21-6-7-22-18;/h1-5,8,10H,6-7,9,11H2,(H,21,22);1H. The minimum absolute atomic E-state index is 0. The van der Waals surface area contributed by atoms with Crippen LogP contribution >= 0.6 is 35.6 Å². The number of carbonyl (C=O) groups is 1. The van der Waals surface area contributed by atoms with Crippen LogP contribution in [0.4, 0.5) is 0 Å². The first-order valence-corrected chi connectivity index (χ1v) is 8.21. The van der Waals surface area contributed by atoms with Gasteiger partial charge >= 0.3 is 0 Å². The van der Waals surface area contributed by atoms with Crippen LogP contribution in [-0.2, 0) is 17.6 Å². The number of benzene rings is 2. The van der Waals surface area contributed by atoms with Crippen molar-refractivity contribution >= 4 is 47.2 Å². The number of rotatable bonds is 5. The summed E-state index contributed by atoms with van der Waals surface area (Å²) in [5.74, 6) is 1.00. The Morgan fingerprint density at radius 3 is 2.71 bits per heavy atom. The Kier molecular flexibility index (Phi) is 6.67. The van der Waals surface area contributed by atoms with Crippen molar-refractivity contribution in [3.05, 3.63) is 69.2 Å². The van der Waals surface area contributed by atoms with Crippen molar-refractivity contribution in [2.75, 3.05) is 13.1 Å². The maximum Gasteiger partial charge on any atom is 0.141 e. The number of hydrogen-bond donors (Lipinski definition) is 1. The molecule has 2 aromatic rings. The maximum absolute atomic E-state index is 12.3. The summed E-state index contributed by atoms with van der Waals surface area (Å²) in [6, 6.07) is 13.1. The molecule has 0 spiro atoms. The molecule has 2 aromatic carbocycles. The molecule has 0 saturated heterocycles. The molecule has 0 fully saturated rings. The summed E-state index contributed by atoms with van der Waals surface area (Å²) in [5, 5.41) is 4.40. The Morgan fingerprint density at radius 1 is 1.12 bits per heavy atom. The molecule has 1 heterocycles. The van der Waals surface area contributed by atoms with E-state index >= 15 is 0 Å². The molecule has 0 saturated carbocycles. The van der Waals surface area contributed by atoms with Crippen molar-refractivity contribution in [1.82, 2.24) is 5.32 Å². The number of amidine groups is 1. The van der Waals surface area contributed by atoms with E-state index in [0.717, 1.165) is 35.6 Å². The van der Waals surface area contributed by atoms with Gasteiger partial charge in [0.05, 0.1) is 6.54 Å². The molecule has 0 bridgehead atoms. The molecule has 0 atom stereocenters. The average molecular weight is 384 g/mol. The quantitative estimate of drug-likeness (QED) is 0.844. The monoisotopic (exact) mass is 382 g/mol. The Morgan fingerprint density at radius 2 is 1.96 bits per heavy atom.